The molecule has 0 amide bonds. The number of aromatic amines is 1. The van der Waals surface area contributed by atoms with Crippen LogP contribution in [0.1, 0.15) is 36.4 Å². The van der Waals surface area contributed by atoms with E-state index < -0.39 is 6.36 Å². The lowest BCUT2D eigenvalue weighted by molar-refractivity contribution is -0.274. The van der Waals surface area contributed by atoms with Crippen LogP contribution in [-0.2, 0) is 13.1 Å². The van der Waals surface area contributed by atoms with E-state index in [0.29, 0.717) is 30.3 Å². The molecule has 0 atom stereocenters. The van der Waals surface area contributed by atoms with Crippen LogP contribution in [0.2, 0.25) is 5.02 Å². The van der Waals surface area contributed by atoms with Crippen molar-refractivity contribution < 1.29 is 17.9 Å². The quantitative estimate of drug-likeness (QED) is 0.373. The molecule has 0 saturated carbocycles. The Bertz CT molecular complexity index is 1170. The summed E-state index contributed by atoms with van der Waals surface area (Å²) in [6.45, 7) is 9.91. The molecule has 0 aliphatic rings. The second kappa shape index (κ2) is 10.7. The molecule has 1 aromatic heterocycles. The first kappa shape index (κ1) is 25.8. The maximum atomic E-state index is 12.7. The predicted octanol–water partition coefficient (Wildman–Crippen LogP) is 6.87. The molecule has 182 valence electrons. The highest BCUT2D eigenvalue weighted by atomic mass is 35.5. The zero-order chi connectivity index (χ0) is 25.0. The van der Waals surface area contributed by atoms with E-state index in [0.717, 1.165) is 28.9 Å². The van der Waals surface area contributed by atoms with Crippen LogP contribution in [0, 0.1) is 19.8 Å². The summed E-state index contributed by atoms with van der Waals surface area (Å²) in [5, 5.41) is 0.194. The zero-order valence-corrected chi connectivity index (χ0v) is 20.3. The minimum absolute atomic E-state index is 0.192. The van der Waals surface area contributed by atoms with E-state index in [1.807, 2.05) is 31.2 Å². The Kier molecular flexibility index (Phi) is 8.10. The monoisotopic (exact) mass is 492 g/mol. The van der Waals surface area contributed by atoms with Gasteiger partial charge in [-0.25, -0.2) is 0 Å². The molecule has 2 aromatic carbocycles. The Balaban J connectivity index is 1.76. The molecule has 3 rings (SSSR count). The van der Waals surface area contributed by atoms with E-state index in [2.05, 4.69) is 28.5 Å². The largest absolute Gasteiger partial charge is 0.573 e. The molecule has 0 spiro atoms. The normalized spacial score (nSPS) is 11.9. The fourth-order valence-corrected chi connectivity index (χ4v) is 4.13. The molecule has 0 fully saturated rings. The Morgan fingerprint density at radius 2 is 1.47 bits per heavy atom. The first-order chi connectivity index (χ1) is 15.9. The number of aryl methyl sites for hydroxylation is 2. The summed E-state index contributed by atoms with van der Waals surface area (Å²) in [6.07, 6.45) is -4.70. The van der Waals surface area contributed by atoms with Crippen molar-refractivity contribution in [1.82, 2.24) is 9.88 Å². The standard InChI is InChI=1S/C26H28ClF3N2O2/c1-16(2)13-32(15-20-7-11-22(12-8-20)34-26(28,29)30)14-19-5-9-21(10-6-19)23-17(3)31-18(4)24(27)25(23)33/h5-12,16H,13-15H2,1-4H3,(H,31,33). The number of hydrogen-bond acceptors (Lipinski definition) is 3. The van der Waals surface area contributed by atoms with Crippen LogP contribution in [-0.4, -0.2) is 22.8 Å². The third kappa shape index (κ3) is 6.87. The Morgan fingerprint density at radius 3 is 1.97 bits per heavy atom. The number of ether oxygens (including phenoxy) is 1. The molecule has 3 aromatic rings. The molecule has 0 saturated heterocycles. The summed E-state index contributed by atoms with van der Waals surface area (Å²) in [5.74, 6) is 0.173. The van der Waals surface area contributed by atoms with Gasteiger partial charge in [-0.05, 0) is 48.6 Å². The van der Waals surface area contributed by atoms with Crippen molar-refractivity contribution in [2.45, 2.75) is 47.1 Å². The summed E-state index contributed by atoms with van der Waals surface area (Å²) >= 11 is 6.16. The predicted molar refractivity (Wildman–Crippen MR) is 129 cm³/mol. The fourth-order valence-electron chi connectivity index (χ4n) is 3.99. The topological polar surface area (TPSA) is 45.3 Å². The molecule has 0 bridgehead atoms. The van der Waals surface area contributed by atoms with Gasteiger partial charge in [-0.3, -0.25) is 9.69 Å². The lowest BCUT2D eigenvalue weighted by atomic mass is 10.0. The lowest BCUT2D eigenvalue weighted by Gasteiger charge is -2.25. The van der Waals surface area contributed by atoms with Gasteiger partial charge in [0.2, 0.25) is 5.43 Å². The van der Waals surface area contributed by atoms with Gasteiger partial charge in [0.1, 0.15) is 10.8 Å². The number of nitrogens with zero attached hydrogens (tertiary/aromatic N) is 1. The van der Waals surface area contributed by atoms with E-state index in [9.17, 15) is 18.0 Å². The van der Waals surface area contributed by atoms with Gasteiger partial charge in [-0.1, -0.05) is 61.8 Å². The second-order valence-electron chi connectivity index (χ2n) is 8.85. The van der Waals surface area contributed by atoms with Gasteiger partial charge in [0.25, 0.3) is 0 Å². The highest BCUT2D eigenvalue weighted by Gasteiger charge is 2.31. The van der Waals surface area contributed by atoms with Crippen molar-refractivity contribution in [3.63, 3.8) is 0 Å². The number of benzene rings is 2. The van der Waals surface area contributed by atoms with Crippen molar-refractivity contribution >= 4 is 11.6 Å². The number of alkyl halides is 3. The maximum Gasteiger partial charge on any atom is 0.573 e. The third-order valence-electron chi connectivity index (χ3n) is 5.34. The molecular weight excluding hydrogens is 465 g/mol. The van der Waals surface area contributed by atoms with Crippen LogP contribution < -0.4 is 10.2 Å². The van der Waals surface area contributed by atoms with Gasteiger partial charge >= 0.3 is 6.36 Å². The van der Waals surface area contributed by atoms with Crippen LogP contribution >= 0.6 is 11.6 Å². The van der Waals surface area contributed by atoms with E-state index in [4.69, 9.17) is 11.6 Å². The Morgan fingerprint density at radius 1 is 0.941 bits per heavy atom. The smallest absolute Gasteiger partial charge is 0.406 e. The van der Waals surface area contributed by atoms with E-state index in [1.165, 1.54) is 12.1 Å². The minimum atomic E-state index is -4.70. The molecule has 1 N–H and O–H groups in total. The number of nitrogens with one attached hydrogen (secondary N) is 1. The highest BCUT2D eigenvalue weighted by Crippen LogP contribution is 2.25. The van der Waals surface area contributed by atoms with Crippen molar-refractivity contribution in [3.8, 4) is 16.9 Å². The summed E-state index contributed by atoms with van der Waals surface area (Å²) in [6, 6.07) is 13.7. The van der Waals surface area contributed by atoms with Crippen molar-refractivity contribution in [3.05, 3.63) is 86.3 Å². The number of halogens is 4. The third-order valence-corrected chi connectivity index (χ3v) is 5.80. The average molecular weight is 493 g/mol. The molecular formula is C26H28ClF3N2O2. The number of hydrogen-bond donors (Lipinski definition) is 1. The second-order valence-corrected chi connectivity index (χ2v) is 9.22. The lowest BCUT2D eigenvalue weighted by Crippen LogP contribution is -2.27. The van der Waals surface area contributed by atoms with Crippen LogP contribution in [0.5, 0.6) is 5.75 Å². The highest BCUT2D eigenvalue weighted by molar-refractivity contribution is 6.31. The van der Waals surface area contributed by atoms with Gasteiger partial charge in [-0.15, -0.1) is 13.2 Å². The van der Waals surface area contributed by atoms with E-state index in [-0.39, 0.29) is 16.2 Å². The summed E-state index contributed by atoms with van der Waals surface area (Å²) in [4.78, 5) is 18.1. The van der Waals surface area contributed by atoms with Crippen LogP contribution in [0.4, 0.5) is 13.2 Å². The minimum Gasteiger partial charge on any atom is -0.406 e. The van der Waals surface area contributed by atoms with E-state index >= 15 is 0 Å². The van der Waals surface area contributed by atoms with Gasteiger partial charge in [0.05, 0.1) is 0 Å². The number of aromatic nitrogens is 1. The molecule has 1 heterocycles. The molecule has 4 nitrogen and oxygen atoms in total. The zero-order valence-electron chi connectivity index (χ0n) is 19.6. The SMILES string of the molecule is Cc1[nH]c(C)c(-c2ccc(CN(Cc3ccc(OC(F)(F)F)cc3)CC(C)C)cc2)c(=O)c1Cl. The molecule has 0 unspecified atom stereocenters. The van der Waals surface area contributed by atoms with Gasteiger partial charge < -0.3 is 9.72 Å². The van der Waals surface area contributed by atoms with Crippen LogP contribution in [0.25, 0.3) is 11.1 Å². The maximum absolute atomic E-state index is 12.7. The number of pyridine rings is 1. The molecule has 0 aliphatic carbocycles. The summed E-state index contributed by atoms with van der Waals surface area (Å²) in [7, 11) is 0. The summed E-state index contributed by atoms with van der Waals surface area (Å²) < 4.78 is 41.2. The number of rotatable bonds is 8. The Labute approximate surface area is 202 Å². The molecule has 0 aliphatic heterocycles. The molecule has 34 heavy (non-hydrogen) atoms. The van der Waals surface area contributed by atoms with Crippen molar-refractivity contribution in [1.29, 1.82) is 0 Å². The molecule has 8 heteroatoms. The Hall–Kier alpha value is -2.77. The van der Waals surface area contributed by atoms with Crippen molar-refractivity contribution in [2.75, 3.05) is 6.54 Å². The average Bonchev–Trinajstić information content (AvgIpc) is 2.73. The van der Waals surface area contributed by atoms with Crippen molar-refractivity contribution in [2.24, 2.45) is 5.92 Å². The first-order valence-electron chi connectivity index (χ1n) is 11.0. The van der Waals surface area contributed by atoms with Crippen LogP contribution in [0.3, 0.4) is 0 Å². The van der Waals surface area contributed by atoms with Gasteiger partial charge in [-0.2, -0.15) is 0 Å². The van der Waals surface area contributed by atoms with E-state index in [1.54, 1.807) is 19.1 Å². The summed E-state index contributed by atoms with van der Waals surface area (Å²) in [5.41, 5.74) is 4.52. The first-order valence-corrected chi connectivity index (χ1v) is 11.4. The number of H-pyrrole nitrogens is 1. The van der Waals surface area contributed by atoms with Gasteiger partial charge in [0.15, 0.2) is 0 Å². The fraction of sp³-hybridized carbons (Fsp3) is 0.346. The molecule has 0 radical (unpaired) electrons. The van der Waals surface area contributed by atoms with Crippen LogP contribution in [0.15, 0.2) is 53.3 Å². The van der Waals surface area contributed by atoms with Gasteiger partial charge in [0, 0.05) is 36.6 Å².